The largest absolute Gasteiger partial charge is 0.494 e. The van der Waals surface area contributed by atoms with Gasteiger partial charge in [0.25, 0.3) is 5.91 Å². The first kappa shape index (κ1) is 18.1. The van der Waals surface area contributed by atoms with Crippen molar-refractivity contribution in [3.63, 3.8) is 0 Å². The van der Waals surface area contributed by atoms with Crippen LogP contribution in [-0.4, -0.2) is 17.1 Å². The quantitative estimate of drug-likeness (QED) is 0.483. The third-order valence-corrected chi connectivity index (χ3v) is 5.17. The van der Waals surface area contributed by atoms with Crippen molar-refractivity contribution in [1.29, 1.82) is 0 Å². The Hall–Kier alpha value is -3.27. The Morgan fingerprint density at radius 2 is 1.79 bits per heavy atom. The number of hydrogen-bond acceptors (Lipinski definition) is 2. The zero-order valence-corrected chi connectivity index (χ0v) is 16.5. The van der Waals surface area contributed by atoms with E-state index < -0.39 is 0 Å². The van der Waals surface area contributed by atoms with Crippen molar-refractivity contribution in [3.05, 3.63) is 71.9 Å². The minimum absolute atomic E-state index is 0.0927. The molecule has 28 heavy (non-hydrogen) atoms. The number of carbonyl (C=O) groups excluding carboxylic acids is 1. The first-order chi connectivity index (χ1) is 13.6. The highest BCUT2D eigenvalue weighted by Gasteiger charge is 2.20. The molecule has 4 heteroatoms. The summed E-state index contributed by atoms with van der Waals surface area (Å²) < 4.78 is 7.72. The number of amides is 1. The standard InChI is InChI=1S/C24H24N2O2/c1-4-26-22-14-13-18(28-5-2)15-20(22)16(3)23(26)24(27)25-21-12-8-10-17-9-6-7-11-19(17)21/h6-15H,4-5H2,1-3H3,(H,25,27). The molecule has 4 aromatic rings. The summed E-state index contributed by atoms with van der Waals surface area (Å²) in [5.41, 5.74) is 3.53. The Bertz CT molecular complexity index is 1170. The highest BCUT2D eigenvalue weighted by Crippen LogP contribution is 2.31. The van der Waals surface area contributed by atoms with Crippen molar-refractivity contribution >= 4 is 33.3 Å². The van der Waals surface area contributed by atoms with Gasteiger partial charge in [-0.2, -0.15) is 0 Å². The molecule has 0 saturated carbocycles. The Balaban J connectivity index is 1.79. The summed E-state index contributed by atoms with van der Waals surface area (Å²) in [7, 11) is 0. The molecule has 0 unspecified atom stereocenters. The van der Waals surface area contributed by atoms with Gasteiger partial charge in [-0.3, -0.25) is 4.79 Å². The van der Waals surface area contributed by atoms with Gasteiger partial charge in [0, 0.05) is 28.5 Å². The fraction of sp³-hybridized carbons (Fsp3) is 0.208. The number of nitrogens with one attached hydrogen (secondary N) is 1. The van der Waals surface area contributed by atoms with Gasteiger partial charge in [-0.05, 0) is 56.0 Å². The van der Waals surface area contributed by atoms with Crippen molar-refractivity contribution < 1.29 is 9.53 Å². The van der Waals surface area contributed by atoms with E-state index in [1.165, 1.54) is 0 Å². The SMILES string of the molecule is CCOc1ccc2c(c1)c(C)c(C(=O)Nc1cccc3ccccc13)n2CC. The lowest BCUT2D eigenvalue weighted by atomic mass is 10.1. The molecule has 142 valence electrons. The number of aryl methyl sites for hydroxylation is 2. The molecule has 1 amide bonds. The minimum atomic E-state index is -0.0927. The van der Waals surface area contributed by atoms with Crippen LogP contribution < -0.4 is 10.1 Å². The van der Waals surface area contributed by atoms with Crippen LogP contribution in [-0.2, 0) is 6.54 Å². The van der Waals surface area contributed by atoms with E-state index in [0.717, 1.165) is 45.2 Å². The third-order valence-electron chi connectivity index (χ3n) is 5.17. The van der Waals surface area contributed by atoms with Crippen LogP contribution in [0.15, 0.2) is 60.7 Å². The van der Waals surface area contributed by atoms with Gasteiger partial charge in [-0.15, -0.1) is 0 Å². The lowest BCUT2D eigenvalue weighted by molar-refractivity contribution is 0.101. The lowest BCUT2D eigenvalue weighted by Gasteiger charge is -2.12. The molecule has 0 aliphatic carbocycles. The average molecular weight is 372 g/mol. The van der Waals surface area contributed by atoms with Crippen molar-refractivity contribution in [3.8, 4) is 5.75 Å². The predicted molar refractivity (Wildman–Crippen MR) is 115 cm³/mol. The van der Waals surface area contributed by atoms with Crippen LogP contribution in [0.1, 0.15) is 29.9 Å². The molecule has 0 spiro atoms. The summed E-state index contributed by atoms with van der Waals surface area (Å²) >= 11 is 0. The Morgan fingerprint density at radius 1 is 1.00 bits per heavy atom. The number of carbonyl (C=O) groups is 1. The number of hydrogen-bond donors (Lipinski definition) is 1. The maximum Gasteiger partial charge on any atom is 0.272 e. The summed E-state index contributed by atoms with van der Waals surface area (Å²) in [5, 5.41) is 6.32. The van der Waals surface area contributed by atoms with E-state index in [1.54, 1.807) is 0 Å². The fourth-order valence-corrected chi connectivity index (χ4v) is 3.90. The Kier molecular flexibility index (Phi) is 4.78. The maximum absolute atomic E-state index is 13.3. The molecular weight excluding hydrogens is 348 g/mol. The van der Waals surface area contributed by atoms with Gasteiger partial charge in [-0.25, -0.2) is 0 Å². The molecule has 0 fully saturated rings. The smallest absolute Gasteiger partial charge is 0.272 e. The van der Waals surface area contributed by atoms with Gasteiger partial charge < -0.3 is 14.6 Å². The molecule has 0 radical (unpaired) electrons. The van der Waals surface area contributed by atoms with Crippen molar-refractivity contribution in [2.45, 2.75) is 27.3 Å². The van der Waals surface area contributed by atoms with Crippen LogP contribution in [0.4, 0.5) is 5.69 Å². The summed E-state index contributed by atoms with van der Waals surface area (Å²) in [6, 6.07) is 20.1. The van der Waals surface area contributed by atoms with Gasteiger partial charge in [0.15, 0.2) is 0 Å². The molecule has 0 bridgehead atoms. The number of rotatable bonds is 5. The molecule has 0 aliphatic rings. The molecule has 0 saturated heterocycles. The van der Waals surface area contributed by atoms with Crippen molar-refractivity contribution in [2.24, 2.45) is 0 Å². The average Bonchev–Trinajstić information content (AvgIpc) is 3.00. The maximum atomic E-state index is 13.3. The summed E-state index contributed by atoms with van der Waals surface area (Å²) in [6.07, 6.45) is 0. The number of ether oxygens (including phenoxy) is 1. The first-order valence-corrected chi connectivity index (χ1v) is 9.68. The van der Waals surface area contributed by atoms with Gasteiger partial charge >= 0.3 is 0 Å². The first-order valence-electron chi connectivity index (χ1n) is 9.68. The van der Waals surface area contributed by atoms with Gasteiger partial charge in [0.2, 0.25) is 0 Å². The number of fused-ring (bicyclic) bond motifs is 2. The zero-order chi connectivity index (χ0) is 19.7. The highest BCUT2D eigenvalue weighted by molar-refractivity contribution is 6.11. The molecule has 0 atom stereocenters. The zero-order valence-electron chi connectivity index (χ0n) is 16.5. The van der Waals surface area contributed by atoms with Crippen LogP contribution in [0.25, 0.3) is 21.7 Å². The molecule has 1 heterocycles. The van der Waals surface area contributed by atoms with Crippen molar-refractivity contribution in [2.75, 3.05) is 11.9 Å². The van der Waals surface area contributed by atoms with E-state index in [2.05, 4.69) is 28.9 Å². The van der Waals surface area contributed by atoms with Gasteiger partial charge in [0.05, 0.1) is 6.61 Å². The number of benzene rings is 3. The van der Waals surface area contributed by atoms with Crippen molar-refractivity contribution in [1.82, 2.24) is 4.57 Å². The van der Waals surface area contributed by atoms with E-state index >= 15 is 0 Å². The third kappa shape index (κ3) is 3.01. The van der Waals surface area contributed by atoms with Gasteiger partial charge in [-0.1, -0.05) is 36.4 Å². The van der Waals surface area contributed by atoms with E-state index in [-0.39, 0.29) is 5.91 Å². The monoisotopic (exact) mass is 372 g/mol. The summed E-state index contributed by atoms with van der Waals surface area (Å²) in [4.78, 5) is 13.3. The van der Waals surface area contributed by atoms with E-state index in [1.807, 2.05) is 62.4 Å². The number of nitrogens with zero attached hydrogens (tertiary/aromatic N) is 1. The minimum Gasteiger partial charge on any atom is -0.494 e. The van der Waals surface area contributed by atoms with Crippen LogP contribution in [0.2, 0.25) is 0 Å². The normalized spacial score (nSPS) is 11.1. The van der Waals surface area contributed by atoms with Crippen LogP contribution >= 0.6 is 0 Å². The second kappa shape index (κ2) is 7.39. The molecule has 4 rings (SSSR count). The number of anilines is 1. The number of aromatic nitrogens is 1. The van der Waals surface area contributed by atoms with E-state index in [0.29, 0.717) is 12.3 Å². The molecule has 3 aromatic carbocycles. The molecule has 0 aliphatic heterocycles. The van der Waals surface area contributed by atoms with Crippen LogP contribution in [0.3, 0.4) is 0 Å². The molecule has 4 nitrogen and oxygen atoms in total. The Labute approximate surface area is 164 Å². The lowest BCUT2D eigenvalue weighted by Crippen LogP contribution is -2.18. The predicted octanol–water partition coefficient (Wildman–Crippen LogP) is 5.77. The van der Waals surface area contributed by atoms with E-state index in [9.17, 15) is 4.79 Å². The molecular formula is C24H24N2O2. The van der Waals surface area contributed by atoms with E-state index in [4.69, 9.17) is 4.74 Å². The summed E-state index contributed by atoms with van der Waals surface area (Å²) in [6.45, 7) is 7.37. The highest BCUT2D eigenvalue weighted by atomic mass is 16.5. The second-order valence-electron chi connectivity index (χ2n) is 6.81. The Morgan fingerprint density at radius 3 is 2.57 bits per heavy atom. The molecule has 1 aromatic heterocycles. The molecule has 1 N–H and O–H groups in total. The van der Waals surface area contributed by atoms with Gasteiger partial charge in [0.1, 0.15) is 11.4 Å². The topological polar surface area (TPSA) is 43.3 Å². The van der Waals surface area contributed by atoms with Crippen LogP contribution in [0, 0.1) is 6.92 Å². The fourth-order valence-electron chi connectivity index (χ4n) is 3.90. The second-order valence-corrected chi connectivity index (χ2v) is 6.81. The van der Waals surface area contributed by atoms with Crippen LogP contribution in [0.5, 0.6) is 5.75 Å². The summed E-state index contributed by atoms with van der Waals surface area (Å²) in [5.74, 6) is 0.734.